The molecule has 2 heterocycles. The van der Waals surface area contributed by atoms with Crippen molar-refractivity contribution in [2.45, 2.75) is 105 Å². The quantitative estimate of drug-likeness (QED) is 0.123. The molecule has 0 bridgehead atoms. The van der Waals surface area contributed by atoms with Crippen LogP contribution in [0.3, 0.4) is 0 Å². The molecule has 0 radical (unpaired) electrons. The van der Waals surface area contributed by atoms with Gasteiger partial charge in [0.25, 0.3) is 6.71 Å². The van der Waals surface area contributed by atoms with Gasteiger partial charge in [-0.1, -0.05) is 203 Å². The van der Waals surface area contributed by atoms with Crippen molar-refractivity contribution in [3.8, 4) is 33.5 Å². The zero-order valence-electron chi connectivity index (χ0n) is 38.0. The van der Waals surface area contributed by atoms with Crippen LogP contribution in [0.15, 0.2) is 133 Å². The summed E-state index contributed by atoms with van der Waals surface area (Å²) in [7, 11) is 0. The number of fused-ring (bicyclic) bond motifs is 3. The third-order valence-corrected chi connectivity index (χ3v) is 12.1. The normalized spacial score (nSPS) is 12.5. The summed E-state index contributed by atoms with van der Waals surface area (Å²) in [5.74, 6) is 0. The minimum absolute atomic E-state index is 0. The maximum atomic E-state index is 5.59. The van der Waals surface area contributed by atoms with E-state index in [1.807, 2.05) is 0 Å². The van der Waals surface area contributed by atoms with Crippen molar-refractivity contribution in [2.24, 2.45) is 0 Å². The van der Waals surface area contributed by atoms with Gasteiger partial charge < -0.3 is 9.97 Å². The third-order valence-electron chi connectivity index (χ3n) is 12.1. The van der Waals surface area contributed by atoms with Crippen LogP contribution >= 0.6 is 0 Å². The number of rotatable bonds is 6. The van der Waals surface area contributed by atoms with Crippen molar-refractivity contribution in [3.05, 3.63) is 168 Å². The summed E-state index contributed by atoms with van der Waals surface area (Å²) in [6.45, 7) is 27.1. The van der Waals surface area contributed by atoms with Gasteiger partial charge in [0.05, 0.1) is 0 Å². The molecule has 0 unspecified atom stereocenters. The first-order valence-electron chi connectivity index (χ1n) is 21.5. The molecule has 0 aliphatic rings. The van der Waals surface area contributed by atoms with Crippen molar-refractivity contribution in [1.82, 2.24) is 9.97 Å². The van der Waals surface area contributed by atoms with E-state index in [1.54, 1.807) is 0 Å². The first-order valence-corrected chi connectivity index (χ1v) is 21.5. The van der Waals surface area contributed by atoms with Crippen LogP contribution in [0.1, 0.15) is 105 Å². The second-order valence-electron chi connectivity index (χ2n) is 20.9. The van der Waals surface area contributed by atoms with Gasteiger partial charge in [-0.05, 0) is 54.7 Å². The van der Waals surface area contributed by atoms with Crippen LogP contribution in [0.2, 0.25) is 0 Å². The van der Waals surface area contributed by atoms with E-state index in [1.165, 1.54) is 44.0 Å². The Balaban J connectivity index is 0.00000561. The molecule has 310 valence electrons. The topological polar surface area (TPSA) is 27.0 Å². The Morgan fingerprint density at radius 1 is 0.492 bits per heavy atom. The standard InChI is InChI=1S/C57H58BN2.Au/c1-54(2,3)42-25-21-37(22-26-42)39-31-40(38-23-27-43(28-24-38)55(4,5)6)33-41(32-39)50-19-16-20-52(59-50)58(46-17-14-13-15-18-46)49-36-45(57(10,11)12)35-48-47-34-44(56(7,8)9)29-30-51(47)60-53(48)49;/h13-23,25-32,34-36H,1-12H3;/q-3;+3. The Morgan fingerprint density at radius 3 is 1.72 bits per heavy atom. The molecule has 2 aromatic heterocycles. The predicted molar refractivity (Wildman–Crippen MR) is 259 cm³/mol. The minimum atomic E-state index is -0.159. The molecule has 2 nitrogen and oxygen atoms in total. The third kappa shape index (κ3) is 9.17. The van der Waals surface area contributed by atoms with Crippen molar-refractivity contribution in [2.75, 3.05) is 0 Å². The summed E-state index contributed by atoms with van der Waals surface area (Å²) < 4.78 is 0. The van der Waals surface area contributed by atoms with Crippen molar-refractivity contribution >= 4 is 45.0 Å². The van der Waals surface area contributed by atoms with Gasteiger partial charge in [-0.25, -0.2) is 5.56 Å². The summed E-state index contributed by atoms with van der Waals surface area (Å²) in [5, 5.41) is 2.41. The fourth-order valence-corrected chi connectivity index (χ4v) is 8.23. The van der Waals surface area contributed by atoms with Gasteiger partial charge >= 0.3 is 22.4 Å². The molecule has 0 N–H and O–H groups in total. The average Bonchev–Trinajstić information content (AvgIpc) is 3.58. The van der Waals surface area contributed by atoms with Crippen LogP contribution in [0, 0.1) is 12.1 Å². The van der Waals surface area contributed by atoms with Gasteiger partial charge in [-0.15, -0.1) is 34.3 Å². The van der Waals surface area contributed by atoms with E-state index in [-0.39, 0.29) is 50.8 Å². The van der Waals surface area contributed by atoms with Crippen molar-refractivity contribution in [3.63, 3.8) is 0 Å². The number of pyridine rings is 1. The molecule has 0 saturated heterocycles. The van der Waals surface area contributed by atoms with E-state index in [4.69, 9.17) is 9.97 Å². The molecule has 0 aliphatic heterocycles. The molecule has 8 aromatic rings. The van der Waals surface area contributed by atoms with Crippen LogP contribution < -0.4 is 21.5 Å². The van der Waals surface area contributed by atoms with Crippen LogP contribution in [0.5, 0.6) is 0 Å². The van der Waals surface area contributed by atoms with Gasteiger partial charge in [-0.3, -0.25) is 0 Å². The molecule has 0 saturated carbocycles. The van der Waals surface area contributed by atoms with E-state index in [0.717, 1.165) is 50.1 Å². The zero-order valence-corrected chi connectivity index (χ0v) is 40.1. The molecular formula is C57H58AuBN2. The first-order chi connectivity index (χ1) is 28.2. The average molecular weight is 979 g/mol. The molecule has 0 spiro atoms. The van der Waals surface area contributed by atoms with E-state index in [2.05, 4.69) is 229 Å². The Kier molecular flexibility index (Phi) is 11.9. The first kappa shape index (κ1) is 44.1. The van der Waals surface area contributed by atoms with E-state index >= 15 is 0 Å². The van der Waals surface area contributed by atoms with Crippen LogP contribution in [0.4, 0.5) is 0 Å². The molecular weight excluding hydrogens is 920 g/mol. The maximum absolute atomic E-state index is 5.59. The van der Waals surface area contributed by atoms with Gasteiger partial charge in [0.1, 0.15) is 0 Å². The number of hydrogen-bond acceptors (Lipinski definition) is 1. The maximum Gasteiger partial charge on any atom is 3.00 e. The van der Waals surface area contributed by atoms with Crippen LogP contribution in [0.25, 0.3) is 55.3 Å². The Morgan fingerprint density at radius 2 is 1.10 bits per heavy atom. The van der Waals surface area contributed by atoms with Crippen molar-refractivity contribution < 1.29 is 22.4 Å². The Hall–Kier alpha value is -4.92. The molecule has 4 heteroatoms. The summed E-state index contributed by atoms with van der Waals surface area (Å²) in [6, 6.07) is 56.4. The second-order valence-corrected chi connectivity index (χ2v) is 20.9. The van der Waals surface area contributed by atoms with Crippen LogP contribution in [-0.4, -0.2) is 11.7 Å². The second kappa shape index (κ2) is 16.4. The number of aromatic nitrogens is 2. The monoisotopic (exact) mass is 978 g/mol. The van der Waals surface area contributed by atoms with Gasteiger partial charge in [0.15, 0.2) is 0 Å². The smallest absolute Gasteiger partial charge is 0.657 e. The Bertz CT molecular complexity index is 2750. The largest absolute Gasteiger partial charge is 3.00 e. The molecule has 0 fully saturated rings. The Labute approximate surface area is 381 Å². The van der Waals surface area contributed by atoms with E-state index < -0.39 is 0 Å². The number of hydrogen-bond donors (Lipinski definition) is 0. The predicted octanol–water partition coefficient (Wildman–Crippen LogP) is 12.7. The van der Waals surface area contributed by atoms with E-state index in [0.29, 0.717) is 0 Å². The molecule has 8 rings (SSSR count). The molecule has 0 amide bonds. The number of nitrogens with zero attached hydrogens (tertiary/aromatic N) is 2. The van der Waals surface area contributed by atoms with E-state index in [9.17, 15) is 0 Å². The minimum Gasteiger partial charge on any atom is -0.657 e. The molecule has 61 heavy (non-hydrogen) atoms. The summed E-state index contributed by atoms with van der Waals surface area (Å²) in [6.07, 6.45) is 0. The summed E-state index contributed by atoms with van der Waals surface area (Å²) in [5.41, 5.74) is 16.8. The fraction of sp³-hybridized carbons (Fsp3) is 0.281. The fourth-order valence-electron chi connectivity index (χ4n) is 8.23. The van der Waals surface area contributed by atoms with Gasteiger partial charge in [-0.2, -0.15) is 35.9 Å². The summed E-state index contributed by atoms with van der Waals surface area (Å²) >= 11 is 0. The zero-order chi connectivity index (χ0) is 42.8. The molecule has 0 aliphatic carbocycles. The van der Waals surface area contributed by atoms with Gasteiger partial charge in [0, 0.05) is 11.3 Å². The molecule has 0 atom stereocenters. The number of benzene rings is 6. The van der Waals surface area contributed by atoms with Gasteiger partial charge in [0.2, 0.25) is 0 Å². The van der Waals surface area contributed by atoms with Crippen molar-refractivity contribution in [1.29, 1.82) is 0 Å². The van der Waals surface area contributed by atoms with Crippen LogP contribution in [-0.2, 0) is 44.0 Å². The molecule has 6 aromatic carbocycles. The SMILES string of the molecule is CC(C)(C)c1c[c-]c(-c2[c-]c(-c3cccc(B(c4ccccc4)c4cc(C(C)(C)C)cc5c4[n-]c4ccc(C(C)(C)C)cc45)n3)cc(-c3ccc(C(C)(C)C)cc3)c2)cc1.[Au+3]. The summed E-state index contributed by atoms with van der Waals surface area (Å²) in [4.78, 5) is 11.0.